The zero-order valence-electron chi connectivity index (χ0n) is 8.06. The normalized spacial score (nSPS) is 10.5. The molecule has 0 radical (unpaired) electrons. The van der Waals surface area contributed by atoms with Crippen LogP contribution in [0.1, 0.15) is 11.1 Å². The Morgan fingerprint density at radius 3 is 2.69 bits per heavy atom. The molecule has 13 heavy (non-hydrogen) atoms. The monoisotopic (exact) mass is 308 g/mol. The van der Waals surface area contributed by atoms with Gasteiger partial charge in [-0.3, -0.25) is 0 Å². The molecule has 0 atom stereocenters. The topological polar surface area (TPSA) is 9.23 Å². The summed E-state index contributed by atoms with van der Waals surface area (Å²) in [6.07, 6.45) is 2.10. The first-order chi connectivity index (χ1) is 6.20. The molecule has 0 bridgehead atoms. The summed E-state index contributed by atoms with van der Waals surface area (Å²) in [4.78, 5) is 1.32. The molecule has 0 amide bonds. The van der Waals surface area contributed by atoms with Gasteiger partial charge in [0.05, 0.1) is 6.61 Å². The fourth-order valence-corrected chi connectivity index (χ4v) is 2.39. The molecule has 0 saturated heterocycles. The number of thioether (sulfide) groups is 1. The molecule has 0 spiro atoms. The van der Waals surface area contributed by atoms with Crippen LogP contribution in [0, 0.1) is 10.5 Å². The van der Waals surface area contributed by atoms with Gasteiger partial charge in [0, 0.05) is 15.6 Å². The highest BCUT2D eigenvalue weighted by atomic mass is 127. The average molecular weight is 308 g/mol. The van der Waals surface area contributed by atoms with Crippen molar-refractivity contribution in [3.8, 4) is 0 Å². The number of ether oxygens (including phenoxy) is 1. The summed E-state index contributed by atoms with van der Waals surface area (Å²) >= 11 is 4.13. The van der Waals surface area contributed by atoms with Crippen molar-refractivity contribution in [1.82, 2.24) is 0 Å². The van der Waals surface area contributed by atoms with Crippen LogP contribution in [-0.4, -0.2) is 13.4 Å². The van der Waals surface area contributed by atoms with Crippen LogP contribution in [-0.2, 0) is 11.3 Å². The summed E-state index contributed by atoms with van der Waals surface area (Å²) in [6, 6.07) is 4.31. The van der Waals surface area contributed by atoms with Crippen molar-refractivity contribution in [3.05, 3.63) is 26.8 Å². The zero-order valence-corrected chi connectivity index (χ0v) is 11.0. The summed E-state index contributed by atoms with van der Waals surface area (Å²) in [6.45, 7) is 2.86. The summed E-state index contributed by atoms with van der Waals surface area (Å²) in [7, 11) is 1.74. The van der Waals surface area contributed by atoms with Crippen molar-refractivity contribution in [3.63, 3.8) is 0 Å². The van der Waals surface area contributed by atoms with E-state index in [-0.39, 0.29) is 0 Å². The highest BCUT2D eigenvalue weighted by Gasteiger charge is 2.07. The third kappa shape index (κ3) is 2.60. The van der Waals surface area contributed by atoms with Gasteiger partial charge in [0.2, 0.25) is 0 Å². The van der Waals surface area contributed by atoms with E-state index < -0.39 is 0 Å². The summed E-state index contributed by atoms with van der Waals surface area (Å²) in [5.41, 5.74) is 2.66. The number of methoxy groups -OCH3 is 1. The van der Waals surface area contributed by atoms with Gasteiger partial charge in [0.1, 0.15) is 0 Å². The van der Waals surface area contributed by atoms with Crippen LogP contribution in [0.15, 0.2) is 17.0 Å². The van der Waals surface area contributed by atoms with Crippen LogP contribution in [0.5, 0.6) is 0 Å². The zero-order chi connectivity index (χ0) is 9.84. The lowest BCUT2D eigenvalue weighted by Gasteiger charge is -2.11. The Bertz CT molecular complexity index is 299. The molecule has 0 aromatic heterocycles. The summed E-state index contributed by atoms with van der Waals surface area (Å²) in [5.74, 6) is 0. The van der Waals surface area contributed by atoms with E-state index >= 15 is 0 Å². The number of hydrogen-bond acceptors (Lipinski definition) is 2. The minimum atomic E-state index is 0.707. The smallest absolute Gasteiger partial charge is 0.0726 e. The second kappa shape index (κ2) is 5.22. The maximum atomic E-state index is 5.19. The lowest BCUT2D eigenvalue weighted by molar-refractivity contribution is 0.182. The average Bonchev–Trinajstić information content (AvgIpc) is 2.14. The Balaban J connectivity index is 3.15. The first-order valence-electron chi connectivity index (χ1n) is 4.01. The van der Waals surface area contributed by atoms with Crippen molar-refractivity contribution in [2.24, 2.45) is 0 Å². The predicted octanol–water partition coefficient (Wildman–Crippen LogP) is 3.47. The van der Waals surface area contributed by atoms with E-state index in [0.29, 0.717) is 6.61 Å². The van der Waals surface area contributed by atoms with Crippen LogP contribution in [0.25, 0.3) is 0 Å². The van der Waals surface area contributed by atoms with Crippen molar-refractivity contribution < 1.29 is 4.74 Å². The van der Waals surface area contributed by atoms with Crippen LogP contribution in [0.4, 0.5) is 0 Å². The summed E-state index contributed by atoms with van der Waals surface area (Å²) in [5, 5.41) is 0. The second-order valence-corrected chi connectivity index (χ2v) is 4.80. The van der Waals surface area contributed by atoms with Crippen molar-refractivity contribution in [2.45, 2.75) is 18.4 Å². The molecular weight excluding hydrogens is 295 g/mol. The Morgan fingerprint density at radius 2 is 2.15 bits per heavy atom. The SMILES string of the molecule is COCc1c(SC)ccc(I)c1C. The van der Waals surface area contributed by atoms with Crippen LogP contribution >= 0.6 is 34.4 Å². The molecule has 0 saturated carbocycles. The molecule has 0 aliphatic carbocycles. The first-order valence-corrected chi connectivity index (χ1v) is 6.32. The van der Waals surface area contributed by atoms with Gasteiger partial charge in [-0.1, -0.05) is 0 Å². The van der Waals surface area contributed by atoms with Gasteiger partial charge in [0.25, 0.3) is 0 Å². The molecule has 0 aliphatic heterocycles. The minimum Gasteiger partial charge on any atom is -0.380 e. The van der Waals surface area contributed by atoms with E-state index in [4.69, 9.17) is 4.74 Å². The van der Waals surface area contributed by atoms with Crippen LogP contribution in [0.2, 0.25) is 0 Å². The molecule has 0 N–H and O–H groups in total. The van der Waals surface area contributed by atoms with Gasteiger partial charge < -0.3 is 4.74 Å². The standard InChI is InChI=1S/C10H13IOS/c1-7-8(6-12-2)10(13-3)5-4-9(7)11/h4-5H,6H2,1-3H3. The van der Waals surface area contributed by atoms with Crippen molar-refractivity contribution in [2.75, 3.05) is 13.4 Å². The fraction of sp³-hybridized carbons (Fsp3) is 0.400. The Morgan fingerprint density at radius 1 is 1.46 bits per heavy atom. The van der Waals surface area contributed by atoms with E-state index in [1.165, 1.54) is 19.6 Å². The largest absolute Gasteiger partial charge is 0.380 e. The lowest BCUT2D eigenvalue weighted by atomic mass is 10.1. The maximum absolute atomic E-state index is 5.19. The summed E-state index contributed by atoms with van der Waals surface area (Å²) < 4.78 is 6.50. The van der Waals surface area contributed by atoms with Gasteiger partial charge in [-0.25, -0.2) is 0 Å². The van der Waals surface area contributed by atoms with E-state index in [2.05, 4.69) is 47.9 Å². The molecule has 3 heteroatoms. The highest BCUT2D eigenvalue weighted by Crippen LogP contribution is 2.27. The molecule has 1 aromatic carbocycles. The number of rotatable bonds is 3. The predicted molar refractivity (Wildman–Crippen MR) is 66.4 cm³/mol. The number of hydrogen-bond donors (Lipinski definition) is 0. The molecule has 0 heterocycles. The number of halogens is 1. The fourth-order valence-electron chi connectivity index (χ4n) is 1.22. The quantitative estimate of drug-likeness (QED) is 0.625. The van der Waals surface area contributed by atoms with E-state index in [0.717, 1.165) is 0 Å². The molecule has 0 fully saturated rings. The van der Waals surface area contributed by atoms with E-state index in [1.807, 2.05) is 0 Å². The Labute approximate surface area is 97.4 Å². The van der Waals surface area contributed by atoms with Crippen molar-refractivity contribution in [1.29, 1.82) is 0 Å². The first kappa shape index (κ1) is 11.3. The van der Waals surface area contributed by atoms with Crippen LogP contribution in [0.3, 0.4) is 0 Å². The second-order valence-electron chi connectivity index (χ2n) is 2.79. The molecule has 72 valence electrons. The van der Waals surface area contributed by atoms with Gasteiger partial charge in [0.15, 0.2) is 0 Å². The highest BCUT2D eigenvalue weighted by molar-refractivity contribution is 14.1. The number of benzene rings is 1. The Hall–Kier alpha value is 0.260. The maximum Gasteiger partial charge on any atom is 0.0726 e. The van der Waals surface area contributed by atoms with E-state index in [1.54, 1.807) is 18.9 Å². The molecule has 1 rings (SSSR count). The van der Waals surface area contributed by atoms with Gasteiger partial charge in [-0.05, 0) is 59.0 Å². The molecule has 1 aromatic rings. The van der Waals surface area contributed by atoms with Crippen LogP contribution < -0.4 is 0 Å². The molecule has 0 aliphatic rings. The third-order valence-corrected chi connectivity index (χ3v) is 3.99. The van der Waals surface area contributed by atoms with Gasteiger partial charge >= 0.3 is 0 Å². The third-order valence-electron chi connectivity index (χ3n) is 2.00. The molecular formula is C10H13IOS. The van der Waals surface area contributed by atoms with Gasteiger partial charge in [-0.15, -0.1) is 11.8 Å². The van der Waals surface area contributed by atoms with Gasteiger partial charge in [-0.2, -0.15) is 0 Å². The Kier molecular flexibility index (Phi) is 4.55. The van der Waals surface area contributed by atoms with E-state index in [9.17, 15) is 0 Å². The molecule has 0 unspecified atom stereocenters. The lowest BCUT2D eigenvalue weighted by Crippen LogP contribution is -1.96. The molecule has 1 nitrogen and oxygen atoms in total. The minimum absolute atomic E-state index is 0.707. The van der Waals surface area contributed by atoms with Crippen molar-refractivity contribution >= 4 is 34.4 Å².